The molecular weight excluding hydrogens is 448 g/mol. The van der Waals surface area contributed by atoms with Gasteiger partial charge in [-0.2, -0.15) is 0 Å². The predicted octanol–water partition coefficient (Wildman–Crippen LogP) is 5.75. The van der Waals surface area contributed by atoms with Crippen molar-refractivity contribution in [3.63, 3.8) is 0 Å². The van der Waals surface area contributed by atoms with E-state index in [-0.39, 0.29) is 12.2 Å². The fraction of sp³-hybridized carbons (Fsp3) is 0.190. The number of carbonyl (C=O) groups is 2. The fourth-order valence-electron chi connectivity index (χ4n) is 2.77. The van der Waals surface area contributed by atoms with Crippen molar-refractivity contribution < 1.29 is 14.0 Å². The van der Waals surface area contributed by atoms with Gasteiger partial charge in [0.05, 0.1) is 10.7 Å². The Labute approximate surface area is 187 Å². The molecule has 0 unspecified atom stereocenters. The van der Waals surface area contributed by atoms with Crippen LogP contribution in [0, 0.1) is 5.82 Å². The van der Waals surface area contributed by atoms with Gasteiger partial charge in [-0.3, -0.25) is 9.59 Å². The third-order valence-electron chi connectivity index (χ3n) is 4.15. The van der Waals surface area contributed by atoms with E-state index >= 15 is 0 Å². The van der Waals surface area contributed by atoms with E-state index in [9.17, 15) is 14.0 Å². The lowest BCUT2D eigenvalue weighted by Gasteiger charge is -2.20. The van der Waals surface area contributed by atoms with Crippen LogP contribution in [-0.4, -0.2) is 34.8 Å². The molecule has 1 heterocycles. The van der Waals surface area contributed by atoms with Crippen molar-refractivity contribution in [1.29, 1.82) is 0 Å². The molecule has 0 aliphatic heterocycles. The van der Waals surface area contributed by atoms with Crippen LogP contribution in [0.25, 0.3) is 10.6 Å². The van der Waals surface area contributed by atoms with E-state index < -0.39 is 17.6 Å². The number of amides is 2. The quantitative estimate of drug-likeness (QED) is 0.483. The minimum atomic E-state index is -0.407. The zero-order chi connectivity index (χ0) is 21.7. The summed E-state index contributed by atoms with van der Waals surface area (Å²) in [6, 6.07) is 11.0. The zero-order valence-electron chi connectivity index (χ0n) is 16.0. The van der Waals surface area contributed by atoms with Crippen LogP contribution >= 0.6 is 34.5 Å². The van der Waals surface area contributed by atoms with Gasteiger partial charge in [-0.1, -0.05) is 42.3 Å². The maximum Gasteiger partial charge on any atom is 0.273 e. The van der Waals surface area contributed by atoms with E-state index in [4.69, 9.17) is 23.2 Å². The molecular formula is C21H18Cl2FN3O2S. The van der Waals surface area contributed by atoms with E-state index in [1.54, 1.807) is 35.7 Å². The molecule has 5 nitrogen and oxygen atoms in total. The Morgan fingerprint density at radius 1 is 1.20 bits per heavy atom. The van der Waals surface area contributed by atoms with Crippen LogP contribution in [0.2, 0.25) is 10.0 Å². The first-order valence-electron chi connectivity index (χ1n) is 9.13. The number of rotatable bonds is 7. The van der Waals surface area contributed by atoms with Gasteiger partial charge in [-0.15, -0.1) is 11.3 Å². The van der Waals surface area contributed by atoms with E-state index in [1.807, 2.05) is 6.92 Å². The summed E-state index contributed by atoms with van der Waals surface area (Å²) in [5.74, 6) is -1.20. The number of benzene rings is 2. The molecule has 0 bridgehead atoms. The fourth-order valence-corrected chi connectivity index (χ4v) is 4.04. The highest BCUT2D eigenvalue weighted by atomic mass is 35.5. The summed E-state index contributed by atoms with van der Waals surface area (Å²) in [6.07, 6.45) is 0.658. The second kappa shape index (κ2) is 10.0. The Kier molecular flexibility index (Phi) is 7.42. The van der Waals surface area contributed by atoms with Crippen molar-refractivity contribution in [1.82, 2.24) is 9.88 Å². The van der Waals surface area contributed by atoms with E-state index in [0.717, 1.165) is 0 Å². The third kappa shape index (κ3) is 5.36. The molecule has 0 spiro atoms. The van der Waals surface area contributed by atoms with Crippen LogP contribution in [-0.2, 0) is 4.79 Å². The van der Waals surface area contributed by atoms with Gasteiger partial charge in [0.2, 0.25) is 5.91 Å². The molecule has 2 amide bonds. The maximum absolute atomic E-state index is 14.0. The molecule has 1 N–H and O–H groups in total. The summed E-state index contributed by atoms with van der Waals surface area (Å²) >= 11 is 13.1. The molecule has 0 atom stereocenters. The van der Waals surface area contributed by atoms with E-state index in [0.29, 0.717) is 39.3 Å². The minimum absolute atomic E-state index is 0.168. The second-order valence-corrected chi connectivity index (χ2v) is 8.12. The molecule has 156 valence electrons. The van der Waals surface area contributed by atoms with Crippen LogP contribution < -0.4 is 5.32 Å². The Morgan fingerprint density at radius 2 is 1.97 bits per heavy atom. The zero-order valence-corrected chi connectivity index (χ0v) is 18.3. The highest BCUT2D eigenvalue weighted by Gasteiger charge is 2.22. The Bertz CT molecular complexity index is 1070. The van der Waals surface area contributed by atoms with Crippen molar-refractivity contribution in [3.8, 4) is 10.6 Å². The molecule has 3 aromatic rings. The summed E-state index contributed by atoms with van der Waals surface area (Å²) in [7, 11) is 0. The first kappa shape index (κ1) is 22.2. The number of hydrogen-bond donors (Lipinski definition) is 1. The molecule has 0 aliphatic rings. The maximum atomic E-state index is 14.0. The molecule has 3 rings (SSSR count). The number of halogens is 3. The highest BCUT2D eigenvalue weighted by Crippen LogP contribution is 2.27. The minimum Gasteiger partial charge on any atom is -0.328 e. The van der Waals surface area contributed by atoms with E-state index in [1.165, 1.54) is 28.4 Å². The van der Waals surface area contributed by atoms with Gasteiger partial charge in [0.25, 0.3) is 5.91 Å². The van der Waals surface area contributed by atoms with Gasteiger partial charge >= 0.3 is 0 Å². The Balaban J connectivity index is 1.73. The van der Waals surface area contributed by atoms with Crippen molar-refractivity contribution in [2.75, 3.05) is 18.4 Å². The summed E-state index contributed by atoms with van der Waals surface area (Å²) in [4.78, 5) is 31.1. The SMILES string of the molecule is CCCN(CC(=O)Nc1ccc(Cl)cc1Cl)C(=O)c1csc(-c2ccccc2F)n1. The molecule has 30 heavy (non-hydrogen) atoms. The topological polar surface area (TPSA) is 62.3 Å². The molecule has 9 heteroatoms. The number of nitrogens with one attached hydrogen (secondary N) is 1. The predicted molar refractivity (Wildman–Crippen MR) is 119 cm³/mol. The van der Waals surface area contributed by atoms with Gasteiger partial charge in [0.15, 0.2) is 0 Å². The summed E-state index contributed by atoms with van der Waals surface area (Å²) in [5.41, 5.74) is 0.910. The van der Waals surface area contributed by atoms with Gasteiger partial charge in [-0.05, 0) is 36.8 Å². The highest BCUT2D eigenvalue weighted by molar-refractivity contribution is 7.13. The summed E-state index contributed by atoms with van der Waals surface area (Å²) in [6.45, 7) is 2.10. The molecule has 0 saturated heterocycles. The van der Waals surface area contributed by atoms with Crippen LogP contribution in [0.5, 0.6) is 0 Å². The lowest BCUT2D eigenvalue weighted by atomic mass is 10.2. The van der Waals surface area contributed by atoms with Gasteiger partial charge in [0, 0.05) is 22.5 Å². The van der Waals surface area contributed by atoms with Crippen molar-refractivity contribution >= 4 is 52.0 Å². The molecule has 0 fully saturated rings. The summed E-state index contributed by atoms with van der Waals surface area (Å²) in [5, 5.41) is 5.42. The largest absolute Gasteiger partial charge is 0.328 e. The van der Waals surface area contributed by atoms with Crippen LogP contribution in [0.1, 0.15) is 23.8 Å². The van der Waals surface area contributed by atoms with E-state index in [2.05, 4.69) is 10.3 Å². The molecule has 2 aromatic carbocycles. The number of hydrogen-bond acceptors (Lipinski definition) is 4. The van der Waals surface area contributed by atoms with Gasteiger partial charge in [-0.25, -0.2) is 9.37 Å². The number of nitrogens with zero attached hydrogens (tertiary/aromatic N) is 2. The van der Waals surface area contributed by atoms with Crippen molar-refractivity contribution in [2.24, 2.45) is 0 Å². The second-order valence-electron chi connectivity index (χ2n) is 6.42. The Hall–Kier alpha value is -2.48. The van der Waals surface area contributed by atoms with Crippen LogP contribution in [0.3, 0.4) is 0 Å². The normalized spacial score (nSPS) is 10.7. The van der Waals surface area contributed by atoms with Gasteiger partial charge < -0.3 is 10.2 Å². The first-order chi connectivity index (χ1) is 14.4. The number of carbonyl (C=O) groups excluding carboxylic acids is 2. The van der Waals surface area contributed by atoms with Crippen LogP contribution in [0.15, 0.2) is 47.8 Å². The van der Waals surface area contributed by atoms with Gasteiger partial charge in [0.1, 0.15) is 23.1 Å². The number of aromatic nitrogens is 1. The Morgan fingerprint density at radius 3 is 2.67 bits per heavy atom. The number of anilines is 1. The number of thiazole rings is 1. The monoisotopic (exact) mass is 465 g/mol. The molecule has 0 aliphatic carbocycles. The smallest absolute Gasteiger partial charge is 0.273 e. The molecule has 1 aromatic heterocycles. The average Bonchev–Trinajstić information content (AvgIpc) is 3.19. The molecule has 0 saturated carbocycles. The van der Waals surface area contributed by atoms with Crippen molar-refractivity contribution in [3.05, 3.63) is 69.4 Å². The first-order valence-corrected chi connectivity index (χ1v) is 10.8. The standard InChI is InChI=1S/C21H18Cl2FN3O2S/c1-2-9-27(11-19(28)25-17-8-7-13(22)10-15(17)23)21(29)18-12-30-20(26-18)14-5-3-4-6-16(14)24/h3-8,10,12H,2,9,11H2,1H3,(H,25,28). The third-order valence-corrected chi connectivity index (χ3v) is 5.57. The average molecular weight is 466 g/mol. The summed E-state index contributed by atoms with van der Waals surface area (Å²) < 4.78 is 14.0. The molecule has 0 radical (unpaired) electrons. The lowest BCUT2D eigenvalue weighted by Crippen LogP contribution is -2.38. The van der Waals surface area contributed by atoms with Crippen molar-refractivity contribution in [2.45, 2.75) is 13.3 Å². The van der Waals surface area contributed by atoms with Crippen LogP contribution in [0.4, 0.5) is 10.1 Å². The lowest BCUT2D eigenvalue weighted by molar-refractivity contribution is -0.116.